The molecule has 0 spiro atoms. The Morgan fingerprint density at radius 2 is 1.94 bits per heavy atom. The lowest BCUT2D eigenvalue weighted by Gasteiger charge is -2.39. The van der Waals surface area contributed by atoms with Gasteiger partial charge < -0.3 is 24.1 Å². The van der Waals surface area contributed by atoms with Crippen molar-refractivity contribution in [2.45, 2.75) is 46.6 Å². The number of carbonyl (C=O) groups is 1. The fourth-order valence-corrected chi connectivity index (χ4v) is 4.43. The summed E-state index contributed by atoms with van der Waals surface area (Å²) in [6, 6.07) is 5.52. The molecule has 1 N–H and O–H groups in total. The summed E-state index contributed by atoms with van der Waals surface area (Å²) in [5.74, 6) is 1.29. The summed E-state index contributed by atoms with van der Waals surface area (Å²) in [7, 11) is 1.61. The smallest absolute Gasteiger partial charge is 0.221 e. The second-order valence-electron chi connectivity index (χ2n) is 9.56. The van der Waals surface area contributed by atoms with Crippen LogP contribution in [0.3, 0.4) is 0 Å². The van der Waals surface area contributed by atoms with Gasteiger partial charge in [-0.25, -0.2) is 0 Å². The van der Waals surface area contributed by atoms with Gasteiger partial charge in [-0.1, -0.05) is 27.7 Å². The van der Waals surface area contributed by atoms with E-state index in [-0.39, 0.29) is 22.4 Å². The molecule has 1 aromatic heterocycles. The number of pyridine rings is 1. The summed E-state index contributed by atoms with van der Waals surface area (Å²) >= 11 is 3.90. The second-order valence-corrected chi connectivity index (χ2v) is 9.97. The number of nitrogens with zero attached hydrogens (tertiary/aromatic N) is 1. The highest BCUT2D eigenvalue weighted by molar-refractivity contribution is 7.97. The van der Waals surface area contributed by atoms with Crippen molar-refractivity contribution in [1.29, 1.82) is 0 Å². The van der Waals surface area contributed by atoms with Gasteiger partial charge in [-0.3, -0.25) is 9.59 Å². The van der Waals surface area contributed by atoms with Crippen LogP contribution in [0.4, 0.5) is 0 Å². The van der Waals surface area contributed by atoms with E-state index in [9.17, 15) is 9.59 Å². The van der Waals surface area contributed by atoms with Gasteiger partial charge in [0, 0.05) is 43.4 Å². The van der Waals surface area contributed by atoms with E-state index in [4.69, 9.17) is 14.2 Å². The molecule has 1 aliphatic rings. The number of methoxy groups -OCH3 is 1. The molecule has 1 atom stereocenters. The van der Waals surface area contributed by atoms with E-state index >= 15 is 0 Å². The average molecular weight is 489 g/mol. The van der Waals surface area contributed by atoms with E-state index in [0.717, 1.165) is 42.8 Å². The lowest BCUT2D eigenvalue weighted by molar-refractivity contribution is 0.108. The predicted molar refractivity (Wildman–Crippen MR) is 138 cm³/mol. The number of fused-ring (bicyclic) bond motifs is 3. The molecule has 8 heteroatoms. The predicted octanol–water partition coefficient (Wildman–Crippen LogP) is 4.13. The molecule has 0 fully saturated rings. The zero-order valence-corrected chi connectivity index (χ0v) is 21.7. The Bertz CT molecular complexity index is 1070. The largest absolute Gasteiger partial charge is 0.493 e. The molecule has 34 heavy (non-hydrogen) atoms. The Labute approximate surface area is 207 Å². The van der Waals surface area contributed by atoms with E-state index < -0.39 is 5.12 Å². The summed E-state index contributed by atoms with van der Waals surface area (Å²) in [5.41, 5.74) is 2.41. The fraction of sp³-hybridized carbons (Fsp3) is 0.538. The molecule has 1 unspecified atom stereocenters. The lowest BCUT2D eigenvalue weighted by atomic mass is 9.78. The number of hydrogen-bond acceptors (Lipinski definition) is 6. The Morgan fingerprint density at radius 3 is 2.59 bits per heavy atom. The number of nitrogens with one attached hydrogen (secondary N) is 1. The molecule has 2 aromatic rings. The minimum Gasteiger partial charge on any atom is -0.493 e. The van der Waals surface area contributed by atoms with Crippen LogP contribution in [0.15, 0.2) is 29.2 Å². The molecule has 0 saturated carbocycles. The van der Waals surface area contributed by atoms with Crippen molar-refractivity contribution < 1.29 is 19.0 Å². The van der Waals surface area contributed by atoms with Crippen molar-refractivity contribution >= 4 is 17.7 Å². The Hall–Kier alpha value is -2.29. The fourth-order valence-electron chi connectivity index (χ4n) is 4.26. The maximum absolute atomic E-state index is 12.7. The van der Waals surface area contributed by atoms with Gasteiger partial charge in [-0.2, -0.15) is 0 Å². The monoisotopic (exact) mass is 488 g/mol. The van der Waals surface area contributed by atoms with Crippen molar-refractivity contribution in [1.82, 2.24) is 9.88 Å². The summed E-state index contributed by atoms with van der Waals surface area (Å²) in [4.78, 5) is 24.6. The zero-order valence-electron chi connectivity index (χ0n) is 20.8. The molecule has 3 rings (SSSR count). The van der Waals surface area contributed by atoms with E-state index in [1.807, 2.05) is 16.7 Å². The number of benzene rings is 1. The average Bonchev–Trinajstić information content (AvgIpc) is 2.78. The molecule has 0 saturated heterocycles. The van der Waals surface area contributed by atoms with Crippen LogP contribution in [0.5, 0.6) is 11.5 Å². The minimum absolute atomic E-state index is 0.0495. The first kappa shape index (κ1) is 26.3. The molecule has 1 aliphatic heterocycles. The Kier molecular flexibility index (Phi) is 8.84. The SMILES string of the molecule is CCNCCOCCCOc1cc2c(cc1OC)-c1cc(=O)c(C(=O)S)cn1C(C(C)(C)C)C2. The van der Waals surface area contributed by atoms with Crippen molar-refractivity contribution in [2.75, 3.05) is 40.0 Å². The third kappa shape index (κ3) is 6.03. The molecule has 0 amide bonds. The number of aromatic nitrogens is 1. The molecule has 0 radical (unpaired) electrons. The quantitative estimate of drug-likeness (QED) is 0.366. The van der Waals surface area contributed by atoms with Gasteiger partial charge in [0.15, 0.2) is 16.9 Å². The van der Waals surface area contributed by atoms with Crippen LogP contribution in [0.2, 0.25) is 0 Å². The third-order valence-corrected chi connectivity index (χ3v) is 6.33. The first-order valence-electron chi connectivity index (χ1n) is 11.8. The maximum atomic E-state index is 12.7. The summed E-state index contributed by atoms with van der Waals surface area (Å²) in [6.45, 7) is 12.2. The minimum atomic E-state index is -0.523. The van der Waals surface area contributed by atoms with Gasteiger partial charge >= 0.3 is 0 Å². The van der Waals surface area contributed by atoms with Crippen molar-refractivity contribution in [3.8, 4) is 22.8 Å². The van der Waals surface area contributed by atoms with Crippen LogP contribution in [-0.4, -0.2) is 49.7 Å². The molecule has 2 heterocycles. The van der Waals surface area contributed by atoms with E-state index in [0.29, 0.717) is 31.3 Å². The standard InChI is InChI=1S/C26H36N2O5S/c1-6-27-8-11-32-9-7-10-33-23-12-17-13-24(26(2,3)4)28-16-19(25(30)34)21(29)15-20(28)18(17)14-22(23)31-5/h12,14-16,24,27H,6-11,13H2,1-5H3,(H,30,34). The first-order chi connectivity index (χ1) is 16.2. The van der Waals surface area contributed by atoms with Gasteiger partial charge in [0.05, 0.1) is 31.6 Å². The highest BCUT2D eigenvalue weighted by atomic mass is 32.1. The molecule has 7 nitrogen and oxygen atoms in total. The van der Waals surface area contributed by atoms with Crippen LogP contribution in [-0.2, 0) is 11.2 Å². The van der Waals surface area contributed by atoms with E-state index in [1.54, 1.807) is 13.3 Å². The topological polar surface area (TPSA) is 78.8 Å². The maximum Gasteiger partial charge on any atom is 0.221 e. The van der Waals surface area contributed by atoms with Gasteiger partial charge in [0.1, 0.15) is 0 Å². The van der Waals surface area contributed by atoms with Gasteiger partial charge in [0.2, 0.25) is 5.12 Å². The van der Waals surface area contributed by atoms with Crippen LogP contribution in [0.25, 0.3) is 11.3 Å². The Morgan fingerprint density at radius 1 is 1.18 bits per heavy atom. The van der Waals surface area contributed by atoms with Crippen LogP contribution in [0, 0.1) is 5.41 Å². The number of rotatable bonds is 11. The van der Waals surface area contributed by atoms with Crippen LogP contribution >= 0.6 is 12.6 Å². The van der Waals surface area contributed by atoms with Crippen molar-refractivity contribution in [3.05, 3.63) is 45.7 Å². The number of carbonyl (C=O) groups excluding carboxylic acids is 1. The first-order valence-corrected chi connectivity index (χ1v) is 12.2. The number of hydrogen-bond donors (Lipinski definition) is 2. The summed E-state index contributed by atoms with van der Waals surface area (Å²) in [6.07, 6.45) is 3.16. The molecule has 0 bridgehead atoms. The number of ether oxygens (including phenoxy) is 3. The van der Waals surface area contributed by atoms with Crippen molar-refractivity contribution in [2.24, 2.45) is 5.41 Å². The lowest BCUT2D eigenvalue weighted by Crippen LogP contribution is -2.32. The Balaban J connectivity index is 1.88. The molecular formula is C26H36N2O5S. The highest BCUT2D eigenvalue weighted by Crippen LogP contribution is 2.45. The van der Waals surface area contributed by atoms with Gasteiger partial charge in [0.25, 0.3) is 0 Å². The summed E-state index contributed by atoms with van der Waals surface area (Å²) in [5, 5.41) is 2.71. The zero-order chi connectivity index (χ0) is 24.9. The molecule has 186 valence electrons. The molecular weight excluding hydrogens is 452 g/mol. The molecule has 0 aliphatic carbocycles. The highest BCUT2D eigenvalue weighted by Gasteiger charge is 2.34. The van der Waals surface area contributed by atoms with E-state index in [2.05, 4.69) is 45.6 Å². The molecule has 1 aromatic carbocycles. The van der Waals surface area contributed by atoms with E-state index in [1.165, 1.54) is 6.07 Å². The van der Waals surface area contributed by atoms with Gasteiger partial charge in [-0.05, 0) is 36.1 Å². The normalized spacial score (nSPS) is 14.9. The number of thiol groups is 1. The van der Waals surface area contributed by atoms with Crippen molar-refractivity contribution in [3.63, 3.8) is 0 Å². The van der Waals surface area contributed by atoms with Crippen LogP contribution < -0.4 is 20.2 Å². The van der Waals surface area contributed by atoms with Gasteiger partial charge in [-0.15, -0.1) is 12.6 Å². The summed E-state index contributed by atoms with van der Waals surface area (Å²) < 4.78 is 19.3. The number of likely N-dealkylation sites (N-methyl/N-ethyl adjacent to an activating group) is 1. The van der Waals surface area contributed by atoms with Crippen LogP contribution in [0.1, 0.15) is 56.1 Å². The second kappa shape index (κ2) is 11.4. The third-order valence-electron chi connectivity index (χ3n) is 6.09.